The minimum atomic E-state index is -1.44. The molecule has 1 spiro atoms. The van der Waals surface area contributed by atoms with Gasteiger partial charge in [0.05, 0.1) is 36.6 Å². The maximum atomic E-state index is 15.3. The van der Waals surface area contributed by atoms with Gasteiger partial charge in [-0.25, -0.2) is 0 Å². The molecule has 302 valence electrons. The second-order valence-corrected chi connectivity index (χ2v) is 16.1. The Morgan fingerprint density at radius 1 is 0.982 bits per heavy atom. The number of likely N-dealkylation sites (tertiary alicyclic amines) is 1. The van der Waals surface area contributed by atoms with Crippen molar-refractivity contribution in [1.82, 2.24) is 10.2 Å². The maximum absolute atomic E-state index is 15.3. The molecule has 3 aliphatic rings. The third kappa shape index (κ3) is 8.04. The number of rotatable bonds is 18. The number of anilines is 2. The second kappa shape index (κ2) is 18.2. The van der Waals surface area contributed by atoms with Crippen molar-refractivity contribution in [3.8, 4) is 0 Å². The molecule has 3 amide bonds. The van der Waals surface area contributed by atoms with Crippen molar-refractivity contribution in [2.45, 2.75) is 80.8 Å². The zero-order valence-corrected chi connectivity index (χ0v) is 34.4. The summed E-state index contributed by atoms with van der Waals surface area (Å²) in [5.74, 6) is -3.97. The van der Waals surface area contributed by atoms with E-state index in [9.17, 15) is 14.7 Å². The Bertz CT molecular complexity index is 1910. The fourth-order valence-corrected chi connectivity index (χ4v) is 9.90. The molecule has 0 aliphatic carbocycles. The van der Waals surface area contributed by atoms with Crippen molar-refractivity contribution < 1.29 is 33.8 Å². The van der Waals surface area contributed by atoms with Crippen molar-refractivity contribution in [3.63, 3.8) is 0 Å². The molecule has 9 atom stereocenters. The first-order valence-electron chi connectivity index (χ1n) is 19.8. The van der Waals surface area contributed by atoms with Gasteiger partial charge in [-0.3, -0.25) is 19.2 Å². The highest BCUT2D eigenvalue weighted by molar-refractivity contribution is 9.09. The zero-order valence-electron chi connectivity index (χ0n) is 32.8. The number of halogens is 1. The third-order valence-corrected chi connectivity index (χ3v) is 12.4. The van der Waals surface area contributed by atoms with Crippen LogP contribution in [0.4, 0.5) is 11.4 Å². The topological polar surface area (TPSA) is 129 Å². The highest BCUT2D eigenvalue weighted by Gasteiger charge is 2.78. The lowest BCUT2D eigenvalue weighted by Crippen LogP contribution is -2.57. The Morgan fingerprint density at radius 2 is 1.60 bits per heavy atom. The van der Waals surface area contributed by atoms with Gasteiger partial charge in [-0.2, -0.15) is 0 Å². The lowest BCUT2D eigenvalue weighted by molar-refractivity contribution is -0.162. The van der Waals surface area contributed by atoms with Crippen molar-refractivity contribution in [3.05, 3.63) is 121 Å². The number of allylic oxidation sites excluding steroid dienone is 1. The van der Waals surface area contributed by atoms with E-state index in [1.54, 1.807) is 36.1 Å². The standard InChI is InChI=1S/C45H53BrN4O7/c1-6-10-21-36(52)47-29(5)39(31-19-15-12-16-20-31)56-44(55)37-38-42(53)50(35(28-51)30-17-13-11-14-18-30)41(45(38)27-34(46)40(37)57-45)43(54)49(26-7-2)33-24-22-32(23-25-33)48(8-3)9-4/h6-7,11-20,22-25,29,34-35,37-41,51H,1-2,8-10,21,26-28H2,3-5H3,(H,47,52)/t29-,34?,35-,37+,38-,39-,40+,41+,45-/m1/s1. The summed E-state index contributed by atoms with van der Waals surface area (Å²) in [4.78, 5) is 62.9. The first-order chi connectivity index (χ1) is 27.5. The Kier molecular flexibility index (Phi) is 13.4. The summed E-state index contributed by atoms with van der Waals surface area (Å²) in [6.45, 7) is 14.9. The Morgan fingerprint density at radius 3 is 2.18 bits per heavy atom. The molecule has 3 aromatic carbocycles. The van der Waals surface area contributed by atoms with Gasteiger partial charge in [0.1, 0.15) is 17.7 Å². The number of alkyl halides is 1. The molecule has 6 rings (SSSR count). The molecule has 3 heterocycles. The summed E-state index contributed by atoms with van der Waals surface area (Å²) < 4.78 is 13.2. The molecule has 0 radical (unpaired) electrons. The van der Waals surface area contributed by atoms with Crippen LogP contribution in [0.1, 0.15) is 63.3 Å². The third-order valence-electron chi connectivity index (χ3n) is 11.6. The van der Waals surface area contributed by atoms with Gasteiger partial charge in [0.15, 0.2) is 0 Å². The van der Waals surface area contributed by atoms with Crippen LogP contribution in [0.15, 0.2) is 110 Å². The van der Waals surface area contributed by atoms with Crippen molar-refractivity contribution >= 4 is 51.0 Å². The SMILES string of the molecule is C=CCCC(=O)N[C@H](C)[C@@H](OC(=O)[C@@H]1[C@H]2O[C@@]3(CC2Br)[C@H](C(=O)N(CC=C)c2ccc(N(CC)CC)cc2)N([C@H](CO)c2ccccc2)C(=O)[C@@H]13)c1ccccc1. The number of amides is 3. The minimum absolute atomic E-state index is 0.139. The molecule has 2 bridgehead atoms. The highest BCUT2D eigenvalue weighted by atomic mass is 79.9. The number of carbonyl (C=O) groups is 4. The van der Waals surface area contributed by atoms with Crippen LogP contribution in [0.3, 0.4) is 0 Å². The number of aliphatic hydroxyl groups excluding tert-OH is 1. The predicted octanol–water partition coefficient (Wildman–Crippen LogP) is 6.29. The Labute approximate surface area is 343 Å². The number of ether oxygens (including phenoxy) is 2. The molecule has 3 fully saturated rings. The minimum Gasteiger partial charge on any atom is -0.455 e. The number of nitrogens with zero attached hydrogens (tertiary/aromatic N) is 3. The molecule has 57 heavy (non-hydrogen) atoms. The van der Waals surface area contributed by atoms with E-state index in [1.165, 1.54) is 4.90 Å². The number of fused-ring (bicyclic) bond motifs is 1. The van der Waals surface area contributed by atoms with Crippen LogP contribution in [-0.4, -0.2) is 88.6 Å². The van der Waals surface area contributed by atoms with Crippen molar-refractivity contribution in [1.29, 1.82) is 0 Å². The van der Waals surface area contributed by atoms with Gasteiger partial charge in [-0.1, -0.05) is 88.7 Å². The van der Waals surface area contributed by atoms with E-state index >= 15 is 9.59 Å². The van der Waals surface area contributed by atoms with Gasteiger partial charge in [0.2, 0.25) is 11.8 Å². The molecule has 0 aromatic heterocycles. The van der Waals surface area contributed by atoms with Crippen molar-refractivity contribution in [2.24, 2.45) is 11.8 Å². The van der Waals surface area contributed by atoms with Crippen molar-refractivity contribution in [2.75, 3.05) is 36.0 Å². The summed E-state index contributed by atoms with van der Waals surface area (Å²) in [6.07, 6.45) is 2.61. The summed E-state index contributed by atoms with van der Waals surface area (Å²) >= 11 is 3.77. The van der Waals surface area contributed by atoms with Crippen LogP contribution in [0, 0.1) is 11.8 Å². The molecule has 2 N–H and O–H groups in total. The van der Waals surface area contributed by atoms with Gasteiger partial charge in [0, 0.05) is 42.3 Å². The Balaban J connectivity index is 1.41. The van der Waals surface area contributed by atoms with E-state index in [0.29, 0.717) is 23.2 Å². The average Bonchev–Trinajstić information content (AvgIpc) is 3.82. The molecule has 12 heteroatoms. The van der Waals surface area contributed by atoms with Crippen LogP contribution in [0.25, 0.3) is 0 Å². The van der Waals surface area contributed by atoms with E-state index in [2.05, 4.69) is 53.2 Å². The lowest BCUT2D eigenvalue weighted by Gasteiger charge is -2.39. The molecule has 3 saturated heterocycles. The maximum Gasteiger partial charge on any atom is 0.313 e. The number of hydrogen-bond donors (Lipinski definition) is 2. The molecular formula is C45H53BrN4O7. The molecular weight excluding hydrogens is 788 g/mol. The first-order valence-corrected chi connectivity index (χ1v) is 20.7. The number of carbonyl (C=O) groups excluding carboxylic acids is 4. The summed E-state index contributed by atoms with van der Waals surface area (Å²) in [7, 11) is 0. The van der Waals surface area contributed by atoms with E-state index in [4.69, 9.17) is 9.47 Å². The largest absolute Gasteiger partial charge is 0.455 e. The number of esters is 1. The smallest absolute Gasteiger partial charge is 0.313 e. The molecule has 3 aliphatic heterocycles. The summed E-state index contributed by atoms with van der Waals surface area (Å²) in [5.41, 5.74) is 1.48. The molecule has 0 saturated carbocycles. The van der Waals surface area contributed by atoms with E-state index in [-0.39, 0.29) is 25.3 Å². The molecule has 1 unspecified atom stereocenters. The number of hydrogen-bond acceptors (Lipinski definition) is 8. The quantitative estimate of drug-likeness (QED) is 0.0870. The van der Waals surface area contributed by atoms with Crippen LogP contribution in [0.5, 0.6) is 0 Å². The Hall–Kier alpha value is -4.78. The van der Waals surface area contributed by atoms with Gasteiger partial charge >= 0.3 is 5.97 Å². The molecule has 11 nitrogen and oxygen atoms in total. The zero-order chi connectivity index (χ0) is 40.9. The normalized spacial score (nSPS) is 24.9. The summed E-state index contributed by atoms with van der Waals surface area (Å²) in [5, 5.41) is 14.0. The number of benzene rings is 3. The predicted molar refractivity (Wildman–Crippen MR) is 224 cm³/mol. The van der Waals surface area contributed by atoms with Crippen LogP contribution < -0.4 is 15.1 Å². The average molecular weight is 842 g/mol. The van der Waals surface area contributed by atoms with Gasteiger partial charge in [-0.05, 0) is 69.0 Å². The number of nitrogens with one attached hydrogen (secondary N) is 1. The van der Waals surface area contributed by atoms with Crippen LogP contribution in [-0.2, 0) is 28.7 Å². The molecule has 3 aromatic rings. The van der Waals surface area contributed by atoms with E-state index in [0.717, 1.165) is 18.8 Å². The van der Waals surface area contributed by atoms with Gasteiger partial charge in [-0.15, -0.1) is 13.2 Å². The lowest BCUT2D eigenvalue weighted by atomic mass is 9.70. The summed E-state index contributed by atoms with van der Waals surface area (Å²) in [6, 6.07) is 23.2. The van der Waals surface area contributed by atoms with E-state index in [1.807, 2.05) is 72.8 Å². The van der Waals surface area contributed by atoms with Crippen LogP contribution >= 0.6 is 15.9 Å². The van der Waals surface area contributed by atoms with Gasteiger partial charge < -0.3 is 34.6 Å². The number of aliphatic hydroxyl groups is 1. The second-order valence-electron chi connectivity index (χ2n) is 14.9. The first kappa shape index (κ1) is 41.8. The highest BCUT2D eigenvalue weighted by Crippen LogP contribution is 2.61. The van der Waals surface area contributed by atoms with Crippen LogP contribution in [0.2, 0.25) is 0 Å². The fourth-order valence-electron chi connectivity index (χ4n) is 8.95. The fraction of sp³-hybridized carbons (Fsp3) is 0.422. The van der Waals surface area contributed by atoms with Gasteiger partial charge in [0.25, 0.3) is 5.91 Å². The van der Waals surface area contributed by atoms with E-state index < -0.39 is 77.0 Å². The monoisotopic (exact) mass is 840 g/mol.